The van der Waals surface area contributed by atoms with E-state index in [1.807, 2.05) is 30.3 Å². The van der Waals surface area contributed by atoms with E-state index in [1.54, 1.807) is 36.9 Å². The van der Waals surface area contributed by atoms with Gasteiger partial charge in [-0.25, -0.2) is 4.79 Å². The van der Waals surface area contributed by atoms with Gasteiger partial charge in [-0.3, -0.25) is 0 Å². The highest BCUT2D eigenvalue weighted by Crippen LogP contribution is 2.22. The molecule has 0 bridgehead atoms. The van der Waals surface area contributed by atoms with Gasteiger partial charge in [-0.15, -0.1) is 10.2 Å². The van der Waals surface area contributed by atoms with Crippen LogP contribution in [-0.2, 0) is 11.8 Å². The normalized spacial score (nSPS) is 12.1. The second-order valence-electron chi connectivity index (χ2n) is 4.86. The standard InChI is InChI=1S/C16H15N3O3/c1-11(21-16(20)13-9-6-10-19(13)2)14-17-18-15(22-14)12-7-4-3-5-8-12/h3-11H,1-2H3/t11-/m1/s1. The van der Waals surface area contributed by atoms with Crippen molar-refractivity contribution in [3.8, 4) is 11.5 Å². The summed E-state index contributed by atoms with van der Waals surface area (Å²) in [6.07, 6.45) is 1.16. The Morgan fingerprint density at radius 3 is 2.64 bits per heavy atom. The van der Waals surface area contributed by atoms with Crippen molar-refractivity contribution in [2.24, 2.45) is 7.05 Å². The number of aryl methyl sites for hydroxylation is 1. The lowest BCUT2D eigenvalue weighted by atomic mass is 10.2. The Morgan fingerprint density at radius 1 is 1.18 bits per heavy atom. The number of ether oxygens (including phenoxy) is 1. The van der Waals surface area contributed by atoms with E-state index in [0.717, 1.165) is 5.56 Å². The minimum atomic E-state index is -0.618. The fourth-order valence-electron chi connectivity index (χ4n) is 2.04. The molecule has 0 saturated carbocycles. The summed E-state index contributed by atoms with van der Waals surface area (Å²) >= 11 is 0. The van der Waals surface area contributed by atoms with Crippen molar-refractivity contribution in [3.05, 3.63) is 60.2 Å². The van der Waals surface area contributed by atoms with Crippen LogP contribution in [0, 0.1) is 0 Å². The van der Waals surface area contributed by atoms with Crippen LogP contribution in [0.5, 0.6) is 0 Å². The van der Waals surface area contributed by atoms with Gasteiger partial charge in [-0.1, -0.05) is 18.2 Å². The number of carbonyl (C=O) groups excluding carboxylic acids is 1. The van der Waals surface area contributed by atoms with Crippen molar-refractivity contribution in [3.63, 3.8) is 0 Å². The van der Waals surface area contributed by atoms with Crippen LogP contribution in [0.4, 0.5) is 0 Å². The van der Waals surface area contributed by atoms with Crippen molar-refractivity contribution in [1.82, 2.24) is 14.8 Å². The van der Waals surface area contributed by atoms with Gasteiger partial charge in [0.1, 0.15) is 5.69 Å². The summed E-state index contributed by atoms with van der Waals surface area (Å²) in [4.78, 5) is 12.1. The average Bonchev–Trinajstić information content (AvgIpc) is 3.17. The molecule has 2 aromatic heterocycles. The van der Waals surface area contributed by atoms with Gasteiger partial charge < -0.3 is 13.7 Å². The summed E-state index contributed by atoms with van der Waals surface area (Å²) in [6.45, 7) is 1.70. The van der Waals surface area contributed by atoms with Gasteiger partial charge in [0.2, 0.25) is 5.89 Å². The first kappa shape index (κ1) is 14.1. The maximum atomic E-state index is 12.1. The van der Waals surface area contributed by atoms with Gasteiger partial charge in [0, 0.05) is 18.8 Å². The third-order valence-corrected chi connectivity index (χ3v) is 3.25. The van der Waals surface area contributed by atoms with E-state index in [4.69, 9.17) is 9.15 Å². The van der Waals surface area contributed by atoms with E-state index in [9.17, 15) is 4.79 Å². The minimum Gasteiger partial charge on any atom is -0.448 e. The van der Waals surface area contributed by atoms with E-state index in [-0.39, 0.29) is 5.89 Å². The predicted octanol–water partition coefficient (Wildman–Crippen LogP) is 2.99. The number of hydrogen-bond donors (Lipinski definition) is 0. The van der Waals surface area contributed by atoms with E-state index in [1.165, 1.54) is 0 Å². The van der Waals surface area contributed by atoms with Gasteiger partial charge in [0.15, 0.2) is 6.10 Å². The molecule has 2 heterocycles. The van der Waals surface area contributed by atoms with Crippen LogP contribution in [0.15, 0.2) is 53.1 Å². The van der Waals surface area contributed by atoms with Crippen LogP contribution >= 0.6 is 0 Å². The molecule has 0 saturated heterocycles. The van der Waals surface area contributed by atoms with Crippen LogP contribution in [0.1, 0.15) is 29.4 Å². The highest BCUT2D eigenvalue weighted by atomic mass is 16.6. The quantitative estimate of drug-likeness (QED) is 0.692. The van der Waals surface area contributed by atoms with Crippen molar-refractivity contribution in [1.29, 1.82) is 0 Å². The molecule has 3 aromatic rings. The summed E-state index contributed by atoms with van der Waals surface area (Å²) in [7, 11) is 1.78. The topological polar surface area (TPSA) is 70.2 Å². The molecule has 0 radical (unpaired) electrons. The number of rotatable bonds is 4. The molecular weight excluding hydrogens is 282 g/mol. The third-order valence-electron chi connectivity index (χ3n) is 3.25. The molecule has 3 rings (SSSR count). The SMILES string of the molecule is C[C@@H](OC(=O)c1cccn1C)c1nnc(-c2ccccc2)o1. The fourth-order valence-corrected chi connectivity index (χ4v) is 2.04. The molecular formula is C16H15N3O3. The van der Waals surface area contributed by atoms with Crippen LogP contribution < -0.4 is 0 Å². The maximum Gasteiger partial charge on any atom is 0.355 e. The Morgan fingerprint density at radius 2 is 1.95 bits per heavy atom. The highest BCUT2D eigenvalue weighted by Gasteiger charge is 2.20. The number of nitrogens with zero attached hydrogens (tertiary/aromatic N) is 3. The summed E-state index contributed by atoms with van der Waals surface area (Å²) in [5, 5.41) is 7.93. The third kappa shape index (κ3) is 2.76. The molecule has 0 aliphatic carbocycles. The van der Waals surface area contributed by atoms with Gasteiger partial charge in [0.05, 0.1) is 0 Å². The van der Waals surface area contributed by atoms with Gasteiger partial charge in [0.25, 0.3) is 5.89 Å². The number of esters is 1. The number of carbonyl (C=O) groups is 1. The van der Waals surface area contributed by atoms with Gasteiger partial charge >= 0.3 is 5.97 Å². The fraction of sp³-hybridized carbons (Fsp3) is 0.188. The van der Waals surface area contributed by atoms with E-state index >= 15 is 0 Å². The lowest BCUT2D eigenvalue weighted by molar-refractivity contribution is 0.0269. The first-order valence-corrected chi connectivity index (χ1v) is 6.86. The molecule has 0 aliphatic heterocycles. The van der Waals surface area contributed by atoms with Crippen LogP contribution in [-0.4, -0.2) is 20.7 Å². The van der Waals surface area contributed by atoms with Crippen LogP contribution in [0.3, 0.4) is 0 Å². The first-order valence-electron chi connectivity index (χ1n) is 6.86. The second kappa shape index (κ2) is 5.85. The molecule has 0 aliphatic rings. The van der Waals surface area contributed by atoms with Crippen molar-refractivity contribution < 1.29 is 13.9 Å². The lowest BCUT2D eigenvalue weighted by Crippen LogP contribution is -2.12. The maximum absolute atomic E-state index is 12.1. The summed E-state index contributed by atoms with van der Waals surface area (Å²) in [6, 6.07) is 12.9. The Hall–Kier alpha value is -2.89. The molecule has 112 valence electrons. The molecule has 1 atom stereocenters. The Kier molecular flexibility index (Phi) is 3.74. The first-order chi connectivity index (χ1) is 10.6. The zero-order valence-corrected chi connectivity index (χ0v) is 12.3. The number of aromatic nitrogens is 3. The zero-order chi connectivity index (χ0) is 15.5. The molecule has 0 spiro atoms. The van der Waals surface area contributed by atoms with E-state index in [2.05, 4.69) is 10.2 Å². The molecule has 0 fully saturated rings. The smallest absolute Gasteiger partial charge is 0.355 e. The van der Waals surface area contributed by atoms with E-state index < -0.39 is 12.1 Å². The summed E-state index contributed by atoms with van der Waals surface area (Å²) in [5.74, 6) is 0.234. The van der Waals surface area contributed by atoms with E-state index in [0.29, 0.717) is 11.6 Å². The van der Waals surface area contributed by atoms with Crippen molar-refractivity contribution in [2.45, 2.75) is 13.0 Å². The van der Waals surface area contributed by atoms with Gasteiger partial charge in [-0.2, -0.15) is 0 Å². The molecule has 22 heavy (non-hydrogen) atoms. The molecule has 0 N–H and O–H groups in total. The molecule has 0 amide bonds. The molecule has 0 unspecified atom stereocenters. The predicted molar refractivity (Wildman–Crippen MR) is 79.0 cm³/mol. The van der Waals surface area contributed by atoms with Crippen LogP contribution in [0.25, 0.3) is 11.5 Å². The lowest BCUT2D eigenvalue weighted by Gasteiger charge is -2.09. The average molecular weight is 297 g/mol. The van der Waals surface area contributed by atoms with Crippen molar-refractivity contribution >= 4 is 5.97 Å². The molecule has 6 heteroatoms. The Balaban J connectivity index is 1.73. The Bertz CT molecular complexity index is 777. The van der Waals surface area contributed by atoms with Gasteiger partial charge in [-0.05, 0) is 31.2 Å². The second-order valence-corrected chi connectivity index (χ2v) is 4.86. The number of hydrogen-bond acceptors (Lipinski definition) is 5. The summed E-state index contributed by atoms with van der Waals surface area (Å²) in [5.41, 5.74) is 1.29. The molecule has 1 aromatic carbocycles. The van der Waals surface area contributed by atoms with Crippen molar-refractivity contribution in [2.75, 3.05) is 0 Å². The number of benzene rings is 1. The summed E-state index contributed by atoms with van der Waals surface area (Å²) < 4.78 is 12.6. The monoisotopic (exact) mass is 297 g/mol. The zero-order valence-electron chi connectivity index (χ0n) is 12.3. The Labute approximate surface area is 127 Å². The highest BCUT2D eigenvalue weighted by molar-refractivity contribution is 5.87. The minimum absolute atomic E-state index is 0.265. The largest absolute Gasteiger partial charge is 0.448 e. The van der Waals surface area contributed by atoms with Crippen LogP contribution in [0.2, 0.25) is 0 Å². The molecule has 6 nitrogen and oxygen atoms in total.